The van der Waals surface area contributed by atoms with Gasteiger partial charge in [0.15, 0.2) is 0 Å². The zero-order valence-electron chi connectivity index (χ0n) is 5.60. The van der Waals surface area contributed by atoms with Gasteiger partial charge < -0.3 is 0 Å². The van der Waals surface area contributed by atoms with E-state index in [9.17, 15) is 18.0 Å². The summed E-state index contributed by atoms with van der Waals surface area (Å²) in [6.07, 6.45) is -3.07. The molecule has 1 heterocycles. The molecule has 1 amide bonds. The molecule has 0 aromatic heterocycles. The Bertz CT molecular complexity index is 268. The zero-order valence-corrected chi connectivity index (χ0v) is 6.36. The van der Waals surface area contributed by atoms with Crippen molar-refractivity contribution in [3.63, 3.8) is 0 Å². The van der Waals surface area contributed by atoms with Crippen LogP contribution in [0.3, 0.4) is 0 Å². The van der Waals surface area contributed by atoms with Crippen molar-refractivity contribution in [1.29, 1.82) is 0 Å². The van der Waals surface area contributed by atoms with E-state index in [0.717, 1.165) is 6.21 Å². The second-order valence-corrected chi connectivity index (χ2v) is 2.61. The summed E-state index contributed by atoms with van der Waals surface area (Å²) < 4.78 is 35.8. The second kappa shape index (κ2) is 2.90. The zero-order chi connectivity index (χ0) is 9.35. The van der Waals surface area contributed by atoms with Gasteiger partial charge in [-0.3, -0.25) is 4.79 Å². The Kier molecular flexibility index (Phi) is 2.23. The van der Waals surface area contributed by atoms with Gasteiger partial charge in [-0.1, -0.05) is 0 Å². The molecule has 0 aromatic carbocycles. The minimum Gasteiger partial charge on any atom is -0.267 e. The molecule has 0 aromatic rings. The van der Waals surface area contributed by atoms with E-state index in [0.29, 0.717) is 6.08 Å². The van der Waals surface area contributed by atoms with Crippen LogP contribution >= 0.6 is 11.6 Å². The van der Waals surface area contributed by atoms with E-state index in [1.807, 2.05) is 0 Å². The molecule has 0 N–H and O–H groups in total. The fraction of sp³-hybridized carbons (Fsp3) is 0.333. The van der Waals surface area contributed by atoms with Gasteiger partial charge in [-0.2, -0.15) is 13.2 Å². The fourth-order valence-electron chi connectivity index (χ4n) is 0.698. The molecule has 0 saturated heterocycles. The molecule has 2 nitrogen and oxygen atoms in total. The third-order valence-electron chi connectivity index (χ3n) is 1.20. The van der Waals surface area contributed by atoms with Crippen LogP contribution in [0, 0.1) is 0 Å². The van der Waals surface area contributed by atoms with Crippen LogP contribution in [0.15, 0.2) is 16.6 Å². The Morgan fingerprint density at radius 3 is 2.50 bits per heavy atom. The first kappa shape index (κ1) is 9.25. The van der Waals surface area contributed by atoms with Crippen molar-refractivity contribution in [2.75, 3.05) is 0 Å². The number of dihydropyridines is 1. The number of carbonyl (C=O) groups excluding carboxylic acids is 1. The SMILES string of the molecule is O=C1N=CC(Cl)C=C1C(F)(F)F. The van der Waals surface area contributed by atoms with Crippen molar-refractivity contribution in [2.24, 2.45) is 4.99 Å². The standard InChI is InChI=1S/C6H3ClF3NO/c7-3-1-4(6(8,9)10)5(12)11-2-3/h1-3H. The fourth-order valence-corrected chi connectivity index (χ4v) is 0.880. The number of hydrogen-bond donors (Lipinski definition) is 0. The van der Waals surface area contributed by atoms with Gasteiger partial charge in [0.1, 0.15) is 5.57 Å². The van der Waals surface area contributed by atoms with Gasteiger partial charge in [-0.05, 0) is 6.08 Å². The number of hydrogen-bond acceptors (Lipinski definition) is 1. The van der Waals surface area contributed by atoms with Crippen LogP contribution in [0.1, 0.15) is 0 Å². The molecule has 1 atom stereocenters. The van der Waals surface area contributed by atoms with Crippen LogP contribution in [0.5, 0.6) is 0 Å². The molecule has 0 aliphatic carbocycles. The summed E-state index contributed by atoms with van der Waals surface area (Å²) in [5.41, 5.74) is -1.30. The van der Waals surface area contributed by atoms with E-state index in [2.05, 4.69) is 4.99 Å². The van der Waals surface area contributed by atoms with E-state index < -0.39 is 23.0 Å². The highest BCUT2D eigenvalue weighted by Crippen LogP contribution is 2.28. The predicted octanol–water partition coefficient (Wildman–Crippen LogP) is 1.69. The molecule has 1 aliphatic rings. The third kappa shape index (κ3) is 1.85. The Balaban J connectivity index is 2.97. The first-order valence-electron chi connectivity index (χ1n) is 2.93. The van der Waals surface area contributed by atoms with E-state index in [4.69, 9.17) is 11.6 Å². The Morgan fingerprint density at radius 1 is 1.50 bits per heavy atom. The van der Waals surface area contributed by atoms with Gasteiger partial charge in [0.2, 0.25) is 0 Å². The van der Waals surface area contributed by atoms with Crippen molar-refractivity contribution < 1.29 is 18.0 Å². The van der Waals surface area contributed by atoms with Gasteiger partial charge in [-0.15, -0.1) is 11.6 Å². The first-order chi connectivity index (χ1) is 5.41. The van der Waals surface area contributed by atoms with Crippen molar-refractivity contribution >= 4 is 23.7 Å². The lowest BCUT2D eigenvalue weighted by Gasteiger charge is -2.11. The number of nitrogens with zero attached hydrogens (tertiary/aromatic N) is 1. The summed E-state index contributed by atoms with van der Waals surface area (Å²) in [5.74, 6) is -1.29. The molecular formula is C6H3ClF3NO. The highest BCUT2D eigenvalue weighted by Gasteiger charge is 2.39. The Hall–Kier alpha value is -0.840. The van der Waals surface area contributed by atoms with Crippen LogP contribution in [-0.2, 0) is 4.79 Å². The lowest BCUT2D eigenvalue weighted by atomic mass is 10.1. The number of halogens is 4. The number of carbonyl (C=O) groups is 1. The number of aliphatic imine (C=N–C) groups is 1. The van der Waals surface area contributed by atoms with Gasteiger partial charge in [0, 0.05) is 6.21 Å². The van der Waals surface area contributed by atoms with E-state index in [1.54, 1.807) is 0 Å². The topological polar surface area (TPSA) is 29.4 Å². The molecule has 6 heteroatoms. The van der Waals surface area contributed by atoms with Gasteiger partial charge in [0.05, 0.1) is 5.38 Å². The molecular weight excluding hydrogens is 195 g/mol. The Labute approximate surface area is 70.7 Å². The highest BCUT2D eigenvalue weighted by atomic mass is 35.5. The number of allylic oxidation sites excluding steroid dienone is 1. The maximum absolute atomic E-state index is 11.9. The number of alkyl halides is 4. The molecule has 0 spiro atoms. The van der Waals surface area contributed by atoms with Gasteiger partial charge in [-0.25, -0.2) is 4.99 Å². The summed E-state index contributed by atoms with van der Waals surface area (Å²) >= 11 is 5.30. The highest BCUT2D eigenvalue weighted by molar-refractivity contribution is 6.31. The maximum atomic E-state index is 11.9. The average Bonchev–Trinajstić information content (AvgIpc) is 1.92. The van der Waals surface area contributed by atoms with Crippen molar-refractivity contribution in [2.45, 2.75) is 11.6 Å². The van der Waals surface area contributed by atoms with Crippen LogP contribution in [0.2, 0.25) is 0 Å². The third-order valence-corrected chi connectivity index (χ3v) is 1.43. The molecule has 0 saturated carbocycles. The lowest BCUT2D eigenvalue weighted by Crippen LogP contribution is -2.23. The van der Waals surface area contributed by atoms with Crippen LogP contribution in [-0.4, -0.2) is 23.7 Å². The molecule has 0 bridgehead atoms. The van der Waals surface area contributed by atoms with E-state index >= 15 is 0 Å². The molecule has 1 unspecified atom stereocenters. The smallest absolute Gasteiger partial charge is 0.267 e. The van der Waals surface area contributed by atoms with Crippen molar-refractivity contribution in [3.05, 3.63) is 11.6 Å². The summed E-state index contributed by atoms with van der Waals surface area (Å²) in [5, 5.41) is -0.959. The monoisotopic (exact) mass is 197 g/mol. The average molecular weight is 198 g/mol. The Morgan fingerprint density at radius 2 is 2.08 bits per heavy atom. The second-order valence-electron chi connectivity index (χ2n) is 2.11. The molecule has 1 rings (SSSR count). The largest absolute Gasteiger partial charge is 0.421 e. The van der Waals surface area contributed by atoms with Crippen LogP contribution in [0.25, 0.3) is 0 Å². The summed E-state index contributed by atoms with van der Waals surface area (Å²) in [6.45, 7) is 0. The van der Waals surface area contributed by atoms with Gasteiger partial charge in [0.25, 0.3) is 5.91 Å². The van der Waals surface area contributed by atoms with Crippen molar-refractivity contribution in [3.8, 4) is 0 Å². The first-order valence-corrected chi connectivity index (χ1v) is 3.36. The number of rotatable bonds is 0. The normalized spacial score (nSPS) is 24.2. The quantitative estimate of drug-likeness (QED) is 0.544. The van der Waals surface area contributed by atoms with E-state index in [1.165, 1.54) is 0 Å². The lowest BCUT2D eigenvalue weighted by molar-refractivity contribution is -0.128. The summed E-state index contributed by atoms with van der Waals surface area (Å²) in [4.78, 5) is 13.5. The number of amides is 1. The predicted molar refractivity (Wildman–Crippen MR) is 37.3 cm³/mol. The van der Waals surface area contributed by atoms with Crippen LogP contribution in [0.4, 0.5) is 13.2 Å². The molecule has 12 heavy (non-hydrogen) atoms. The van der Waals surface area contributed by atoms with Crippen LogP contribution < -0.4 is 0 Å². The molecule has 1 aliphatic heterocycles. The minimum absolute atomic E-state index is 0.636. The van der Waals surface area contributed by atoms with E-state index in [-0.39, 0.29) is 0 Å². The van der Waals surface area contributed by atoms with Gasteiger partial charge >= 0.3 is 6.18 Å². The maximum Gasteiger partial charge on any atom is 0.421 e. The molecule has 0 radical (unpaired) electrons. The summed E-state index contributed by atoms with van der Waals surface area (Å²) in [7, 11) is 0. The minimum atomic E-state index is -4.66. The molecule has 66 valence electrons. The summed E-state index contributed by atoms with van der Waals surface area (Å²) in [6, 6.07) is 0. The van der Waals surface area contributed by atoms with Crippen molar-refractivity contribution in [1.82, 2.24) is 0 Å². The molecule has 0 fully saturated rings.